The Hall–Kier alpha value is -1.19. The predicted molar refractivity (Wildman–Crippen MR) is 78.1 cm³/mol. The van der Waals surface area contributed by atoms with E-state index < -0.39 is 0 Å². The van der Waals surface area contributed by atoms with E-state index in [0.717, 1.165) is 11.1 Å². The van der Waals surface area contributed by atoms with Crippen molar-refractivity contribution < 1.29 is 4.39 Å². The summed E-state index contributed by atoms with van der Waals surface area (Å²) in [6, 6.07) is 7.00. The number of rotatable bonds is 2. The Morgan fingerprint density at radius 1 is 1.21 bits per heavy atom. The smallest absolute Gasteiger partial charge is 0.123 e. The lowest BCUT2D eigenvalue weighted by molar-refractivity contribution is 0.625. The van der Waals surface area contributed by atoms with Crippen LogP contribution in [0.25, 0.3) is 0 Å². The maximum Gasteiger partial charge on any atom is 0.123 e. The van der Waals surface area contributed by atoms with E-state index in [2.05, 4.69) is 6.07 Å². The zero-order chi connectivity index (χ0) is 13.4. The van der Waals surface area contributed by atoms with Crippen molar-refractivity contribution >= 4 is 11.3 Å². The number of thiophene rings is 1. The molecule has 0 fully saturated rings. The normalized spacial score (nSPS) is 16.2. The molecular weight excluding hydrogens is 257 g/mol. The second kappa shape index (κ2) is 5.06. The van der Waals surface area contributed by atoms with E-state index in [9.17, 15) is 4.39 Å². The first kappa shape index (κ1) is 12.8. The molecule has 1 aliphatic rings. The van der Waals surface area contributed by atoms with Gasteiger partial charge in [-0.3, -0.25) is 0 Å². The Morgan fingerprint density at radius 2 is 2.00 bits per heavy atom. The van der Waals surface area contributed by atoms with Crippen LogP contribution in [0.5, 0.6) is 0 Å². The van der Waals surface area contributed by atoms with Crippen molar-refractivity contribution in [3.8, 4) is 0 Å². The van der Waals surface area contributed by atoms with Gasteiger partial charge in [0, 0.05) is 9.75 Å². The Morgan fingerprint density at radius 3 is 2.74 bits per heavy atom. The van der Waals surface area contributed by atoms with Crippen molar-refractivity contribution in [2.75, 3.05) is 0 Å². The fourth-order valence-corrected chi connectivity index (χ4v) is 4.09. The topological polar surface area (TPSA) is 26.0 Å². The number of benzene rings is 1. The van der Waals surface area contributed by atoms with Gasteiger partial charge in [0.1, 0.15) is 5.82 Å². The summed E-state index contributed by atoms with van der Waals surface area (Å²) in [6.45, 7) is 1.92. The molecule has 2 aromatic rings. The van der Waals surface area contributed by atoms with E-state index in [1.807, 2.05) is 24.3 Å². The number of hydrogen-bond donors (Lipinski definition) is 1. The molecule has 3 heteroatoms. The van der Waals surface area contributed by atoms with Crippen LogP contribution in [0.15, 0.2) is 24.3 Å². The van der Waals surface area contributed by atoms with Gasteiger partial charge >= 0.3 is 0 Å². The monoisotopic (exact) mass is 275 g/mol. The molecule has 0 amide bonds. The molecule has 1 aromatic carbocycles. The lowest BCUT2D eigenvalue weighted by Crippen LogP contribution is -2.11. The summed E-state index contributed by atoms with van der Waals surface area (Å²) in [7, 11) is 0. The highest BCUT2D eigenvalue weighted by molar-refractivity contribution is 7.12. The van der Waals surface area contributed by atoms with Crippen molar-refractivity contribution in [1.82, 2.24) is 0 Å². The maximum atomic E-state index is 13.2. The Labute approximate surface area is 117 Å². The molecule has 1 unspecified atom stereocenters. The average molecular weight is 275 g/mol. The van der Waals surface area contributed by atoms with E-state index in [1.54, 1.807) is 6.07 Å². The molecule has 1 nitrogen and oxygen atoms in total. The zero-order valence-electron chi connectivity index (χ0n) is 11.1. The van der Waals surface area contributed by atoms with E-state index in [4.69, 9.17) is 5.73 Å². The first-order chi connectivity index (χ1) is 9.15. The number of halogens is 1. The van der Waals surface area contributed by atoms with Gasteiger partial charge in [-0.2, -0.15) is 0 Å². The number of hydrogen-bond acceptors (Lipinski definition) is 2. The van der Waals surface area contributed by atoms with E-state index >= 15 is 0 Å². The molecule has 1 aliphatic carbocycles. The third-order valence-electron chi connectivity index (χ3n) is 3.89. The molecule has 0 aliphatic heterocycles. The lowest BCUT2D eigenvalue weighted by atomic mass is 9.97. The van der Waals surface area contributed by atoms with Gasteiger partial charge in [-0.25, -0.2) is 4.39 Å². The summed E-state index contributed by atoms with van der Waals surface area (Å²) < 4.78 is 13.2. The van der Waals surface area contributed by atoms with Crippen LogP contribution in [0.3, 0.4) is 0 Å². The summed E-state index contributed by atoms with van der Waals surface area (Å²) >= 11 is 1.83. The van der Waals surface area contributed by atoms with E-state index in [-0.39, 0.29) is 11.9 Å². The molecule has 3 rings (SSSR count). The van der Waals surface area contributed by atoms with Crippen LogP contribution >= 0.6 is 11.3 Å². The van der Waals surface area contributed by atoms with Crippen LogP contribution in [0.2, 0.25) is 0 Å². The van der Waals surface area contributed by atoms with Crippen LogP contribution in [0.4, 0.5) is 4.39 Å². The second-order valence-corrected chi connectivity index (χ2v) is 6.45. The molecular formula is C16H18FNS. The van der Waals surface area contributed by atoms with Crippen LogP contribution < -0.4 is 5.73 Å². The van der Waals surface area contributed by atoms with Gasteiger partial charge in [0.15, 0.2) is 0 Å². The van der Waals surface area contributed by atoms with E-state index in [0.29, 0.717) is 0 Å². The van der Waals surface area contributed by atoms with Crippen LogP contribution in [-0.2, 0) is 12.8 Å². The first-order valence-electron chi connectivity index (χ1n) is 6.78. The van der Waals surface area contributed by atoms with Crippen molar-refractivity contribution in [2.24, 2.45) is 5.73 Å². The summed E-state index contributed by atoms with van der Waals surface area (Å²) in [5.74, 6) is -0.195. The molecule has 100 valence electrons. The lowest BCUT2D eigenvalue weighted by Gasteiger charge is -2.13. The largest absolute Gasteiger partial charge is 0.320 e. The van der Waals surface area contributed by atoms with Crippen LogP contribution in [0, 0.1) is 12.7 Å². The van der Waals surface area contributed by atoms with E-state index in [1.165, 1.54) is 47.1 Å². The molecule has 19 heavy (non-hydrogen) atoms. The third kappa shape index (κ3) is 2.45. The maximum absolute atomic E-state index is 13.2. The SMILES string of the molecule is Cc1cc(F)ccc1C(N)c1cc2c(s1)CCCC2. The minimum Gasteiger partial charge on any atom is -0.320 e. The molecule has 0 bridgehead atoms. The zero-order valence-corrected chi connectivity index (χ0v) is 11.9. The standard InChI is InChI=1S/C16H18FNS/c1-10-8-12(17)6-7-13(10)16(18)15-9-11-4-2-3-5-14(11)19-15/h6-9,16H,2-5,18H2,1H3. The third-order valence-corrected chi connectivity index (χ3v) is 5.21. The van der Waals surface area contributed by atoms with Gasteiger partial charge < -0.3 is 5.73 Å². The van der Waals surface area contributed by atoms with Gasteiger partial charge in [0.25, 0.3) is 0 Å². The molecule has 1 heterocycles. The molecule has 2 N–H and O–H groups in total. The Balaban J connectivity index is 1.94. The molecule has 0 saturated carbocycles. The molecule has 1 aromatic heterocycles. The second-order valence-electron chi connectivity index (χ2n) is 5.28. The van der Waals surface area contributed by atoms with Gasteiger partial charge in [-0.05, 0) is 67.5 Å². The van der Waals surface area contributed by atoms with Crippen molar-refractivity contribution in [3.05, 3.63) is 56.5 Å². The summed E-state index contributed by atoms with van der Waals surface area (Å²) in [5, 5.41) is 0. The molecule has 0 radical (unpaired) electrons. The Bertz CT molecular complexity index is 579. The van der Waals surface area contributed by atoms with Crippen molar-refractivity contribution in [2.45, 2.75) is 38.6 Å². The highest BCUT2D eigenvalue weighted by Gasteiger charge is 2.19. The number of aryl methyl sites for hydroxylation is 3. The van der Waals surface area contributed by atoms with Crippen LogP contribution in [-0.4, -0.2) is 0 Å². The Kier molecular flexibility index (Phi) is 3.42. The first-order valence-corrected chi connectivity index (χ1v) is 7.60. The molecule has 0 saturated heterocycles. The van der Waals surface area contributed by atoms with Gasteiger partial charge in [-0.15, -0.1) is 11.3 Å². The quantitative estimate of drug-likeness (QED) is 0.876. The highest BCUT2D eigenvalue weighted by Crippen LogP contribution is 2.35. The number of fused-ring (bicyclic) bond motifs is 1. The summed E-state index contributed by atoms with van der Waals surface area (Å²) in [5.41, 5.74) is 9.80. The molecule has 1 atom stereocenters. The molecule has 0 spiro atoms. The fraction of sp³-hybridized carbons (Fsp3) is 0.375. The van der Waals surface area contributed by atoms with Crippen LogP contribution in [0.1, 0.15) is 45.3 Å². The van der Waals surface area contributed by atoms with Crippen molar-refractivity contribution in [3.63, 3.8) is 0 Å². The van der Waals surface area contributed by atoms with Gasteiger partial charge in [-0.1, -0.05) is 6.07 Å². The predicted octanol–water partition coefficient (Wildman–Crippen LogP) is 4.12. The highest BCUT2D eigenvalue weighted by atomic mass is 32.1. The minimum absolute atomic E-state index is 0.129. The van der Waals surface area contributed by atoms with Gasteiger partial charge in [0.05, 0.1) is 6.04 Å². The average Bonchev–Trinajstić information content (AvgIpc) is 2.81. The summed E-state index contributed by atoms with van der Waals surface area (Å²) in [6.07, 6.45) is 4.95. The minimum atomic E-state index is -0.195. The number of nitrogens with two attached hydrogens (primary N) is 1. The van der Waals surface area contributed by atoms with Crippen molar-refractivity contribution in [1.29, 1.82) is 0 Å². The summed E-state index contributed by atoms with van der Waals surface area (Å²) in [4.78, 5) is 2.71. The fourth-order valence-electron chi connectivity index (χ4n) is 2.81. The van der Waals surface area contributed by atoms with Gasteiger partial charge in [0.2, 0.25) is 0 Å².